The molecule has 3 N–H and O–H groups in total. The van der Waals surface area contributed by atoms with Crippen LogP contribution in [0.3, 0.4) is 0 Å². The van der Waals surface area contributed by atoms with Gasteiger partial charge in [-0.1, -0.05) is 31.5 Å². The molecule has 1 heterocycles. The van der Waals surface area contributed by atoms with Crippen molar-refractivity contribution >= 4 is 11.8 Å². The molecule has 1 aromatic rings. The molecule has 90 valence electrons. The summed E-state index contributed by atoms with van der Waals surface area (Å²) >= 11 is 1.82. The van der Waals surface area contributed by atoms with Gasteiger partial charge in [-0.15, -0.1) is 0 Å². The molecule has 0 saturated heterocycles. The second kappa shape index (κ2) is 5.73. The van der Waals surface area contributed by atoms with Crippen LogP contribution in [0.5, 0.6) is 0 Å². The van der Waals surface area contributed by atoms with Gasteiger partial charge in [0, 0.05) is 23.7 Å². The average molecular weight is 239 g/mol. The summed E-state index contributed by atoms with van der Waals surface area (Å²) < 4.78 is 0. The fourth-order valence-electron chi connectivity index (χ4n) is 2.50. The summed E-state index contributed by atoms with van der Waals surface area (Å²) in [5.41, 5.74) is 6.19. The molecule has 0 bridgehead atoms. The molecule has 3 unspecified atom stereocenters. The molecule has 0 aliphatic heterocycles. The van der Waals surface area contributed by atoms with Crippen LogP contribution < -0.4 is 5.73 Å². The highest BCUT2D eigenvalue weighted by Gasteiger charge is 2.28. The van der Waals surface area contributed by atoms with E-state index in [1.807, 2.05) is 18.0 Å². The zero-order chi connectivity index (χ0) is 11.4. The number of thioether (sulfide) groups is 1. The minimum absolute atomic E-state index is 0.336. The van der Waals surface area contributed by atoms with Crippen LogP contribution in [0.25, 0.3) is 0 Å². The summed E-state index contributed by atoms with van der Waals surface area (Å²) in [6.45, 7) is 2.27. The van der Waals surface area contributed by atoms with E-state index in [1.54, 1.807) is 6.20 Å². The largest absolute Gasteiger partial charge is 0.340 e. The van der Waals surface area contributed by atoms with E-state index in [0.717, 1.165) is 11.1 Å². The Labute approximate surface area is 102 Å². The molecule has 0 radical (unpaired) electrons. The Morgan fingerprint density at radius 2 is 2.44 bits per heavy atom. The number of rotatable bonds is 4. The van der Waals surface area contributed by atoms with Gasteiger partial charge in [0.05, 0.1) is 0 Å². The van der Waals surface area contributed by atoms with E-state index in [4.69, 9.17) is 5.73 Å². The van der Waals surface area contributed by atoms with E-state index >= 15 is 0 Å². The Hall–Kier alpha value is -0.480. The van der Waals surface area contributed by atoms with Crippen molar-refractivity contribution in [3.63, 3.8) is 0 Å². The first-order valence-electron chi connectivity index (χ1n) is 6.21. The molecular formula is C12H21N3S. The number of imidazole rings is 1. The van der Waals surface area contributed by atoms with Crippen LogP contribution in [-0.2, 0) is 0 Å². The third kappa shape index (κ3) is 3.01. The van der Waals surface area contributed by atoms with Gasteiger partial charge in [0.25, 0.3) is 0 Å². The molecule has 16 heavy (non-hydrogen) atoms. The van der Waals surface area contributed by atoms with Gasteiger partial charge in [-0.2, -0.15) is 0 Å². The summed E-state index contributed by atoms with van der Waals surface area (Å²) in [6, 6.07) is 0.336. The number of nitrogens with two attached hydrogens (primary N) is 1. The third-order valence-electron chi connectivity index (χ3n) is 3.38. The predicted molar refractivity (Wildman–Crippen MR) is 68.5 cm³/mol. The van der Waals surface area contributed by atoms with Gasteiger partial charge in [0.2, 0.25) is 0 Å². The van der Waals surface area contributed by atoms with Gasteiger partial charge in [0.1, 0.15) is 0 Å². The lowest BCUT2D eigenvalue weighted by atomic mass is 9.83. The average Bonchev–Trinajstić information content (AvgIpc) is 2.76. The Bertz CT molecular complexity index is 299. The molecule has 1 aliphatic carbocycles. The highest BCUT2D eigenvalue weighted by atomic mass is 32.2. The van der Waals surface area contributed by atoms with Gasteiger partial charge in [-0.05, 0) is 25.2 Å². The van der Waals surface area contributed by atoms with Crippen molar-refractivity contribution in [2.75, 3.05) is 0 Å². The van der Waals surface area contributed by atoms with Gasteiger partial charge in [-0.25, -0.2) is 4.98 Å². The number of nitrogens with zero attached hydrogens (tertiary/aromatic N) is 1. The number of aromatic amines is 1. The minimum atomic E-state index is 0.336. The van der Waals surface area contributed by atoms with E-state index < -0.39 is 0 Å². The summed E-state index contributed by atoms with van der Waals surface area (Å²) in [5.74, 6) is 0.872. The van der Waals surface area contributed by atoms with Crippen molar-refractivity contribution in [1.29, 1.82) is 0 Å². The topological polar surface area (TPSA) is 54.7 Å². The van der Waals surface area contributed by atoms with Crippen molar-refractivity contribution in [2.24, 2.45) is 11.7 Å². The smallest absolute Gasteiger partial charge is 0.165 e. The van der Waals surface area contributed by atoms with E-state index in [1.165, 1.54) is 32.1 Å². The van der Waals surface area contributed by atoms with Crippen LogP contribution in [0.2, 0.25) is 0 Å². The molecule has 0 amide bonds. The number of H-pyrrole nitrogens is 1. The normalized spacial score (nSPS) is 30.5. The Kier molecular flexibility index (Phi) is 4.29. The number of nitrogens with one attached hydrogen (secondary N) is 1. The van der Waals surface area contributed by atoms with E-state index in [9.17, 15) is 0 Å². The second-order valence-corrected chi connectivity index (χ2v) is 5.91. The van der Waals surface area contributed by atoms with Crippen LogP contribution in [0.15, 0.2) is 17.6 Å². The third-order valence-corrected chi connectivity index (χ3v) is 4.68. The molecule has 0 spiro atoms. The Morgan fingerprint density at radius 3 is 3.12 bits per heavy atom. The monoisotopic (exact) mass is 239 g/mol. The zero-order valence-corrected chi connectivity index (χ0v) is 10.7. The first-order chi connectivity index (χ1) is 7.79. The lowest BCUT2D eigenvalue weighted by molar-refractivity contribution is 0.316. The quantitative estimate of drug-likeness (QED) is 0.849. The SMILES string of the molecule is CCCC1CCC(N)C(Sc2ncc[nH]2)C1. The first kappa shape index (κ1) is 12.0. The Balaban J connectivity index is 1.91. The van der Waals surface area contributed by atoms with E-state index in [2.05, 4.69) is 16.9 Å². The zero-order valence-electron chi connectivity index (χ0n) is 9.86. The molecule has 3 atom stereocenters. The summed E-state index contributed by atoms with van der Waals surface area (Å²) in [4.78, 5) is 7.42. The van der Waals surface area contributed by atoms with Crippen molar-refractivity contribution < 1.29 is 0 Å². The maximum absolute atomic E-state index is 6.19. The highest BCUT2D eigenvalue weighted by Crippen LogP contribution is 2.36. The Morgan fingerprint density at radius 1 is 1.56 bits per heavy atom. The van der Waals surface area contributed by atoms with Crippen molar-refractivity contribution in [1.82, 2.24) is 9.97 Å². The lowest BCUT2D eigenvalue weighted by Gasteiger charge is -2.33. The molecule has 1 saturated carbocycles. The first-order valence-corrected chi connectivity index (χ1v) is 7.09. The fraction of sp³-hybridized carbons (Fsp3) is 0.750. The van der Waals surface area contributed by atoms with Crippen LogP contribution in [0, 0.1) is 5.92 Å². The minimum Gasteiger partial charge on any atom is -0.340 e. The lowest BCUT2D eigenvalue weighted by Crippen LogP contribution is -2.38. The van der Waals surface area contributed by atoms with Crippen LogP contribution in [0.1, 0.15) is 39.0 Å². The van der Waals surface area contributed by atoms with Gasteiger partial charge in [-0.3, -0.25) is 0 Å². The second-order valence-electron chi connectivity index (χ2n) is 4.68. The maximum Gasteiger partial charge on any atom is 0.165 e. The van der Waals surface area contributed by atoms with E-state index in [0.29, 0.717) is 11.3 Å². The number of hydrogen-bond donors (Lipinski definition) is 2. The highest BCUT2D eigenvalue weighted by molar-refractivity contribution is 7.99. The van der Waals surface area contributed by atoms with Crippen molar-refractivity contribution in [2.45, 2.75) is 55.5 Å². The molecule has 1 aliphatic rings. The molecular weight excluding hydrogens is 218 g/mol. The summed E-state index contributed by atoms with van der Waals surface area (Å²) in [6.07, 6.45) is 10.0. The number of hydrogen-bond acceptors (Lipinski definition) is 3. The standard InChI is InChI=1S/C12H21N3S/c1-2-3-9-4-5-10(13)11(8-9)16-12-14-6-7-15-12/h6-7,9-11H,2-5,8,13H2,1H3,(H,14,15). The van der Waals surface area contributed by atoms with Gasteiger partial charge in [0.15, 0.2) is 5.16 Å². The van der Waals surface area contributed by atoms with Crippen molar-refractivity contribution in [3.05, 3.63) is 12.4 Å². The summed E-state index contributed by atoms with van der Waals surface area (Å²) in [5, 5.41) is 1.55. The molecule has 3 nitrogen and oxygen atoms in total. The molecule has 1 fully saturated rings. The van der Waals surface area contributed by atoms with Crippen LogP contribution in [0.4, 0.5) is 0 Å². The van der Waals surface area contributed by atoms with Gasteiger partial charge < -0.3 is 10.7 Å². The number of aromatic nitrogens is 2. The fourth-order valence-corrected chi connectivity index (χ4v) is 3.72. The van der Waals surface area contributed by atoms with E-state index in [-0.39, 0.29) is 0 Å². The van der Waals surface area contributed by atoms with Crippen molar-refractivity contribution in [3.8, 4) is 0 Å². The summed E-state index contributed by atoms with van der Waals surface area (Å²) in [7, 11) is 0. The van der Waals surface area contributed by atoms with Gasteiger partial charge >= 0.3 is 0 Å². The maximum atomic E-state index is 6.19. The molecule has 2 rings (SSSR count). The molecule has 4 heteroatoms. The molecule has 1 aromatic heterocycles. The van der Waals surface area contributed by atoms with Crippen LogP contribution in [-0.4, -0.2) is 21.3 Å². The van der Waals surface area contributed by atoms with Crippen LogP contribution >= 0.6 is 11.8 Å². The molecule has 0 aromatic carbocycles. The predicted octanol–water partition coefficient (Wildman–Crippen LogP) is 2.80.